The smallest absolute Gasteiger partial charge is 0.417 e. The second-order valence-electron chi connectivity index (χ2n) is 7.22. The van der Waals surface area contributed by atoms with Crippen molar-refractivity contribution in [2.24, 2.45) is 0 Å². The van der Waals surface area contributed by atoms with Crippen molar-refractivity contribution in [2.75, 3.05) is 12.4 Å². The highest BCUT2D eigenvalue weighted by Gasteiger charge is 2.32. The van der Waals surface area contributed by atoms with Gasteiger partial charge in [-0.1, -0.05) is 38.4 Å². The summed E-state index contributed by atoms with van der Waals surface area (Å²) >= 11 is 5.60. The molecule has 0 saturated heterocycles. The molecule has 28 heavy (non-hydrogen) atoms. The first-order valence-corrected chi connectivity index (χ1v) is 8.66. The van der Waals surface area contributed by atoms with E-state index in [0.29, 0.717) is 28.3 Å². The number of amides is 1. The van der Waals surface area contributed by atoms with Crippen LogP contribution >= 0.6 is 11.6 Å². The number of carbonyl (C=O) groups is 1. The van der Waals surface area contributed by atoms with Crippen molar-refractivity contribution in [1.82, 2.24) is 4.57 Å². The second kappa shape index (κ2) is 7.87. The normalized spacial score (nSPS) is 12.0. The SMILES string of the molecule is COc1ccc(C(C)(C)C)cc1NC(=O)Cn1cc(C(F)(F)F)cc(Cl)c1=O. The van der Waals surface area contributed by atoms with Crippen molar-refractivity contribution < 1.29 is 22.7 Å². The first-order chi connectivity index (χ1) is 12.8. The molecular formula is C19H20ClF3N2O3. The molecule has 0 aliphatic carbocycles. The number of nitrogens with zero attached hydrogens (tertiary/aromatic N) is 1. The minimum atomic E-state index is -4.69. The fourth-order valence-corrected chi connectivity index (χ4v) is 2.71. The largest absolute Gasteiger partial charge is 0.495 e. The van der Waals surface area contributed by atoms with Crippen LogP contribution in [0.3, 0.4) is 0 Å². The summed E-state index contributed by atoms with van der Waals surface area (Å²) in [6, 6.07) is 5.79. The third-order valence-corrected chi connectivity index (χ3v) is 4.29. The van der Waals surface area contributed by atoms with E-state index in [1.165, 1.54) is 7.11 Å². The molecule has 0 aliphatic rings. The standard InChI is InChI=1S/C19H20ClF3N2O3/c1-18(2,3)11-5-6-15(28-4)14(8-11)24-16(26)10-25-9-12(19(21,22)23)7-13(20)17(25)27/h5-9H,10H2,1-4H3,(H,24,26). The molecule has 2 rings (SSSR count). The van der Waals surface area contributed by atoms with E-state index in [1.54, 1.807) is 12.1 Å². The van der Waals surface area contributed by atoms with Gasteiger partial charge in [0.2, 0.25) is 5.91 Å². The van der Waals surface area contributed by atoms with Gasteiger partial charge in [-0.15, -0.1) is 0 Å². The van der Waals surface area contributed by atoms with Crippen LogP contribution in [0.2, 0.25) is 5.02 Å². The number of aromatic nitrogens is 1. The van der Waals surface area contributed by atoms with E-state index in [4.69, 9.17) is 16.3 Å². The predicted molar refractivity (Wildman–Crippen MR) is 101 cm³/mol. The Morgan fingerprint density at radius 1 is 1.18 bits per heavy atom. The summed E-state index contributed by atoms with van der Waals surface area (Å²) in [4.78, 5) is 24.4. The minimum Gasteiger partial charge on any atom is -0.495 e. The molecule has 2 aromatic rings. The van der Waals surface area contributed by atoms with Crippen molar-refractivity contribution in [1.29, 1.82) is 0 Å². The number of ether oxygens (including phenoxy) is 1. The number of hydrogen-bond donors (Lipinski definition) is 1. The Bertz CT molecular complexity index is 947. The maximum absolute atomic E-state index is 12.9. The van der Waals surface area contributed by atoms with Gasteiger partial charge in [0.15, 0.2) is 0 Å². The highest BCUT2D eigenvalue weighted by molar-refractivity contribution is 6.30. The lowest BCUT2D eigenvalue weighted by Crippen LogP contribution is -2.29. The van der Waals surface area contributed by atoms with Crippen molar-refractivity contribution >= 4 is 23.2 Å². The zero-order valence-corrected chi connectivity index (χ0v) is 16.5. The van der Waals surface area contributed by atoms with Gasteiger partial charge in [-0.2, -0.15) is 13.2 Å². The highest BCUT2D eigenvalue weighted by Crippen LogP contribution is 2.32. The van der Waals surface area contributed by atoms with Gasteiger partial charge in [-0.05, 0) is 29.2 Å². The van der Waals surface area contributed by atoms with E-state index in [-0.39, 0.29) is 5.41 Å². The molecule has 0 spiro atoms. The molecule has 0 aliphatic heterocycles. The predicted octanol–water partition coefficient (Wildman–Crippen LogP) is 4.47. The summed E-state index contributed by atoms with van der Waals surface area (Å²) in [6.07, 6.45) is -4.13. The highest BCUT2D eigenvalue weighted by atomic mass is 35.5. The van der Waals surface area contributed by atoms with Crippen LogP contribution in [0.4, 0.5) is 18.9 Å². The van der Waals surface area contributed by atoms with E-state index in [0.717, 1.165) is 5.56 Å². The fourth-order valence-electron chi connectivity index (χ4n) is 2.49. The van der Waals surface area contributed by atoms with E-state index >= 15 is 0 Å². The van der Waals surface area contributed by atoms with Crippen LogP contribution < -0.4 is 15.6 Å². The second-order valence-corrected chi connectivity index (χ2v) is 7.63. The molecule has 0 bridgehead atoms. The van der Waals surface area contributed by atoms with Gasteiger partial charge in [0, 0.05) is 6.20 Å². The monoisotopic (exact) mass is 416 g/mol. The number of hydrogen-bond acceptors (Lipinski definition) is 3. The van der Waals surface area contributed by atoms with Crippen molar-refractivity contribution in [3.8, 4) is 5.75 Å². The van der Waals surface area contributed by atoms with Crippen molar-refractivity contribution in [3.05, 3.63) is 57.0 Å². The summed E-state index contributed by atoms with van der Waals surface area (Å²) in [5.74, 6) is -0.308. The average Bonchev–Trinajstić information content (AvgIpc) is 2.56. The van der Waals surface area contributed by atoms with E-state index in [2.05, 4.69) is 5.32 Å². The van der Waals surface area contributed by atoms with Gasteiger partial charge >= 0.3 is 6.18 Å². The Balaban J connectivity index is 2.33. The third kappa shape index (κ3) is 5.07. The topological polar surface area (TPSA) is 60.3 Å². The van der Waals surface area contributed by atoms with Crippen LogP contribution in [0.15, 0.2) is 35.3 Å². The number of anilines is 1. The van der Waals surface area contributed by atoms with Gasteiger partial charge in [-0.3, -0.25) is 9.59 Å². The van der Waals surface area contributed by atoms with Crippen molar-refractivity contribution in [3.63, 3.8) is 0 Å². The number of alkyl halides is 3. The lowest BCUT2D eigenvalue weighted by molar-refractivity contribution is -0.138. The number of methoxy groups -OCH3 is 1. The van der Waals surface area contributed by atoms with Crippen LogP contribution in [0.25, 0.3) is 0 Å². The average molecular weight is 417 g/mol. The first-order valence-electron chi connectivity index (χ1n) is 8.28. The molecule has 1 amide bonds. The van der Waals surface area contributed by atoms with Gasteiger partial charge < -0.3 is 14.6 Å². The Hall–Kier alpha value is -2.48. The molecule has 0 radical (unpaired) electrons. The van der Waals surface area contributed by atoms with Crippen LogP contribution in [-0.2, 0) is 22.9 Å². The van der Waals surface area contributed by atoms with Crippen LogP contribution in [-0.4, -0.2) is 17.6 Å². The molecule has 0 fully saturated rings. The van der Waals surface area contributed by atoms with Gasteiger partial charge in [-0.25, -0.2) is 0 Å². The number of carbonyl (C=O) groups excluding carboxylic acids is 1. The van der Waals surface area contributed by atoms with Gasteiger partial charge in [0.05, 0.1) is 18.4 Å². The molecular weight excluding hydrogens is 397 g/mol. The Morgan fingerprint density at radius 2 is 1.82 bits per heavy atom. The molecule has 1 N–H and O–H groups in total. The van der Waals surface area contributed by atoms with Gasteiger partial charge in [0.25, 0.3) is 5.56 Å². The van der Waals surface area contributed by atoms with Gasteiger partial charge in [0.1, 0.15) is 17.3 Å². The maximum Gasteiger partial charge on any atom is 0.417 e. The lowest BCUT2D eigenvalue weighted by Gasteiger charge is -2.21. The quantitative estimate of drug-likeness (QED) is 0.800. The third-order valence-electron chi connectivity index (χ3n) is 4.02. The number of rotatable bonds is 4. The summed E-state index contributed by atoms with van der Waals surface area (Å²) in [5.41, 5.74) is -0.927. The molecule has 0 unspecified atom stereocenters. The zero-order chi connectivity index (χ0) is 21.3. The van der Waals surface area contributed by atoms with E-state index in [1.807, 2.05) is 26.8 Å². The molecule has 5 nitrogen and oxygen atoms in total. The summed E-state index contributed by atoms with van der Waals surface area (Å²) in [5, 5.41) is 1.96. The number of nitrogens with one attached hydrogen (secondary N) is 1. The fraction of sp³-hybridized carbons (Fsp3) is 0.368. The van der Waals surface area contributed by atoms with Crippen LogP contribution in [0, 0.1) is 0 Å². The Kier molecular flexibility index (Phi) is 6.13. The van der Waals surface area contributed by atoms with Crippen LogP contribution in [0.5, 0.6) is 5.75 Å². The molecule has 1 heterocycles. The number of pyridine rings is 1. The Morgan fingerprint density at radius 3 is 2.36 bits per heavy atom. The zero-order valence-electron chi connectivity index (χ0n) is 15.8. The maximum atomic E-state index is 12.9. The molecule has 1 aromatic heterocycles. The molecule has 0 atom stereocenters. The number of benzene rings is 1. The van der Waals surface area contributed by atoms with Crippen molar-refractivity contribution in [2.45, 2.75) is 38.9 Å². The number of halogens is 4. The molecule has 9 heteroatoms. The molecule has 0 saturated carbocycles. The Labute approximate surface area is 165 Å². The van der Waals surface area contributed by atoms with E-state index < -0.39 is 34.8 Å². The minimum absolute atomic E-state index is 0.197. The first kappa shape index (κ1) is 21.8. The molecule has 152 valence electrons. The lowest BCUT2D eigenvalue weighted by atomic mass is 9.87. The van der Waals surface area contributed by atoms with Crippen LogP contribution in [0.1, 0.15) is 31.9 Å². The van der Waals surface area contributed by atoms with E-state index in [9.17, 15) is 22.8 Å². The summed E-state index contributed by atoms with van der Waals surface area (Å²) < 4.78 is 44.6. The molecule has 1 aromatic carbocycles. The summed E-state index contributed by atoms with van der Waals surface area (Å²) in [7, 11) is 1.43. The summed E-state index contributed by atoms with van der Waals surface area (Å²) in [6.45, 7) is 5.34.